The predicted molar refractivity (Wildman–Crippen MR) is 125 cm³/mol. The van der Waals surface area contributed by atoms with Gasteiger partial charge in [-0.2, -0.15) is 0 Å². The standard InChI is InChI=1S/C23H26N2O4S2/c1-3-25(31(27,28)20-9-6-16(2)7-10-20)18-8-11-21-17(13-18)14-22(30-21)23(26)24-15-19-5-4-12-29-19/h6-11,13-14,19H,3-5,12,15H2,1-2H3,(H,24,26)/t19-/m0/s1. The van der Waals surface area contributed by atoms with Crippen molar-refractivity contribution >= 4 is 43.0 Å². The first-order valence-electron chi connectivity index (χ1n) is 10.4. The van der Waals surface area contributed by atoms with Crippen LogP contribution in [0.15, 0.2) is 53.4 Å². The number of ether oxygens (including phenoxy) is 1. The number of aryl methyl sites for hydroxylation is 1. The molecule has 1 amide bonds. The van der Waals surface area contributed by atoms with E-state index in [0.717, 1.165) is 35.1 Å². The lowest BCUT2D eigenvalue weighted by Gasteiger charge is -2.23. The molecule has 0 spiro atoms. The first-order chi connectivity index (χ1) is 14.9. The van der Waals surface area contributed by atoms with Crippen LogP contribution < -0.4 is 9.62 Å². The van der Waals surface area contributed by atoms with Gasteiger partial charge < -0.3 is 10.1 Å². The maximum atomic E-state index is 13.2. The van der Waals surface area contributed by atoms with Gasteiger partial charge in [0.05, 0.1) is 21.6 Å². The summed E-state index contributed by atoms with van der Waals surface area (Å²) in [4.78, 5) is 13.4. The molecular formula is C23H26N2O4S2. The van der Waals surface area contributed by atoms with E-state index < -0.39 is 10.0 Å². The molecule has 1 aliphatic heterocycles. The third-order valence-electron chi connectivity index (χ3n) is 5.42. The molecule has 0 saturated carbocycles. The van der Waals surface area contributed by atoms with Gasteiger partial charge in [-0.3, -0.25) is 9.10 Å². The highest BCUT2D eigenvalue weighted by atomic mass is 32.2. The number of carbonyl (C=O) groups is 1. The number of rotatable bonds is 7. The van der Waals surface area contributed by atoms with Gasteiger partial charge in [0, 0.05) is 24.4 Å². The second-order valence-electron chi connectivity index (χ2n) is 7.66. The third kappa shape index (κ3) is 4.61. The van der Waals surface area contributed by atoms with Gasteiger partial charge in [-0.1, -0.05) is 17.7 Å². The lowest BCUT2D eigenvalue weighted by Crippen LogP contribution is -2.31. The molecule has 0 unspecified atom stereocenters. The molecule has 31 heavy (non-hydrogen) atoms. The number of anilines is 1. The van der Waals surface area contributed by atoms with Crippen LogP contribution in [0.25, 0.3) is 10.1 Å². The molecule has 0 radical (unpaired) electrons. The molecule has 1 aliphatic rings. The van der Waals surface area contributed by atoms with E-state index in [0.29, 0.717) is 23.7 Å². The van der Waals surface area contributed by atoms with Gasteiger partial charge in [-0.15, -0.1) is 11.3 Å². The summed E-state index contributed by atoms with van der Waals surface area (Å²) in [5.41, 5.74) is 1.59. The Bertz CT molecular complexity index is 1180. The first kappa shape index (κ1) is 21.8. The Kier molecular flexibility index (Phi) is 6.31. The SMILES string of the molecule is CCN(c1ccc2sc(C(=O)NC[C@@H]3CCCO3)cc2c1)S(=O)(=O)c1ccc(C)cc1. The number of nitrogens with zero attached hydrogens (tertiary/aromatic N) is 1. The van der Waals surface area contributed by atoms with E-state index in [9.17, 15) is 13.2 Å². The van der Waals surface area contributed by atoms with Gasteiger partial charge in [0.1, 0.15) is 0 Å². The highest BCUT2D eigenvalue weighted by Crippen LogP contribution is 2.32. The summed E-state index contributed by atoms with van der Waals surface area (Å²) >= 11 is 1.40. The van der Waals surface area contributed by atoms with Gasteiger partial charge in [0.2, 0.25) is 0 Å². The number of hydrogen-bond acceptors (Lipinski definition) is 5. The summed E-state index contributed by atoms with van der Waals surface area (Å²) in [5, 5.41) is 3.79. The minimum Gasteiger partial charge on any atom is -0.376 e. The molecule has 3 aromatic rings. The van der Waals surface area contributed by atoms with Crippen molar-refractivity contribution in [2.24, 2.45) is 0 Å². The van der Waals surface area contributed by atoms with E-state index in [4.69, 9.17) is 4.74 Å². The van der Waals surface area contributed by atoms with Gasteiger partial charge in [-0.05, 0) is 68.5 Å². The van der Waals surface area contributed by atoms with Gasteiger partial charge in [-0.25, -0.2) is 8.42 Å². The van der Waals surface area contributed by atoms with Gasteiger partial charge in [0.15, 0.2) is 0 Å². The fourth-order valence-electron chi connectivity index (χ4n) is 3.73. The summed E-state index contributed by atoms with van der Waals surface area (Å²) in [6, 6.07) is 14.2. The lowest BCUT2D eigenvalue weighted by atomic mass is 10.2. The monoisotopic (exact) mass is 458 g/mol. The molecule has 2 heterocycles. The number of nitrogens with one attached hydrogen (secondary N) is 1. The third-order valence-corrected chi connectivity index (χ3v) is 8.45. The smallest absolute Gasteiger partial charge is 0.264 e. The number of sulfonamides is 1. The summed E-state index contributed by atoms with van der Waals surface area (Å²) in [6.45, 7) is 5.31. The van der Waals surface area contributed by atoms with Crippen molar-refractivity contribution in [2.75, 3.05) is 24.0 Å². The fraction of sp³-hybridized carbons (Fsp3) is 0.348. The zero-order valence-corrected chi connectivity index (χ0v) is 19.3. The summed E-state index contributed by atoms with van der Waals surface area (Å²) < 4.78 is 34.3. The fourth-order valence-corrected chi connectivity index (χ4v) is 6.15. The van der Waals surface area contributed by atoms with E-state index in [1.165, 1.54) is 15.6 Å². The average molecular weight is 459 g/mol. The van der Waals surface area contributed by atoms with Crippen LogP contribution in [0.3, 0.4) is 0 Å². The number of amides is 1. The van der Waals surface area contributed by atoms with Crippen molar-refractivity contribution in [2.45, 2.75) is 37.7 Å². The number of hydrogen-bond donors (Lipinski definition) is 1. The van der Waals surface area contributed by atoms with Crippen LogP contribution in [0.1, 0.15) is 35.0 Å². The molecule has 0 bridgehead atoms. The molecule has 1 saturated heterocycles. The van der Waals surface area contributed by atoms with Gasteiger partial charge in [0.25, 0.3) is 15.9 Å². The van der Waals surface area contributed by atoms with Crippen molar-refractivity contribution in [3.05, 3.63) is 59.0 Å². The number of benzene rings is 2. The normalized spacial score (nSPS) is 16.5. The van der Waals surface area contributed by atoms with E-state index in [1.54, 1.807) is 30.3 Å². The first-order valence-corrected chi connectivity index (χ1v) is 12.7. The van der Waals surface area contributed by atoms with Crippen molar-refractivity contribution in [1.82, 2.24) is 5.32 Å². The van der Waals surface area contributed by atoms with E-state index >= 15 is 0 Å². The van der Waals surface area contributed by atoms with Gasteiger partial charge >= 0.3 is 0 Å². The molecule has 1 fully saturated rings. The van der Waals surface area contributed by atoms with E-state index in [1.807, 2.05) is 32.0 Å². The Morgan fingerprint density at radius 2 is 1.97 bits per heavy atom. The number of carbonyl (C=O) groups excluding carboxylic acids is 1. The van der Waals surface area contributed by atoms with Crippen LogP contribution in [-0.4, -0.2) is 40.1 Å². The molecule has 8 heteroatoms. The lowest BCUT2D eigenvalue weighted by molar-refractivity contribution is 0.0861. The quantitative estimate of drug-likeness (QED) is 0.572. The second kappa shape index (κ2) is 8.98. The Morgan fingerprint density at radius 1 is 1.19 bits per heavy atom. The highest BCUT2D eigenvalue weighted by molar-refractivity contribution is 7.92. The highest BCUT2D eigenvalue weighted by Gasteiger charge is 2.24. The molecule has 164 valence electrons. The van der Waals surface area contributed by atoms with Crippen molar-refractivity contribution in [3.63, 3.8) is 0 Å². The Labute approximate surface area is 186 Å². The van der Waals surface area contributed by atoms with Crippen LogP contribution in [-0.2, 0) is 14.8 Å². The largest absolute Gasteiger partial charge is 0.376 e. The molecule has 1 aromatic heterocycles. The maximum absolute atomic E-state index is 13.2. The predicted octanol–water partition coefficient (Wildman–Crippen LogP) is 4.33. The molecule has 0 aliphatic carbocycles. The Hall–Kier alpha value is -2.42. The van der Waals surface area contributed by atoms with Crippen molar-refractivity contribution < 1.29 is 17.9 Å². The molecule has 1 N–H and O–H groups in total. The minimum absolute atomic E-state index is 0.0926. The van der Waals surface area contributed by atoms with Crippen LogP contribution in [0, 0.1) is 6.92 Å². The molecule has 4 rings (SSSR count). The maximum Gasteiger partial charge on any atom is 0.264 e. The summed E-state index contributed by atoms with van der Waals surface area (Å²) in [7, 11) is -3.67. The van der Waals surface area contributed by atoms with Crippen LogP contribution in [0.2, 0.25) is 0 Å². The molecule has 1 atom stereocenters. The minimum atomic E-state index is -3.67. The Balaban J connectivity index is 1.57. The van der Waals surface area contributed by atoms with Crippen molar-refractivity contribution in [3.8, 4) is 0 Å². The average Bonchev–Trinajstić information content (AvgIpc) is 3.42. The van der Waals surface area contributed by atoms with Crippen LogP contribution in [0.5, 0.6) is 0 Å². The zero-order valence-electron chi connectivity index (χ0n) is 17.6. The zero-order chi connectivity index (χ0) is 22.0. The summed E-state index contributed by atoms with van der Waals surface area (Å²) in [6.07, 6.45) is 2.10. The second-order valence-corrected chi connectivity index (χ2v) is 10.6. The number of thiophene rings is 1. The van der Waals surface area contributed by atoms with Crippen molar-refractivity contribution in [1.29, 1.82) is 0 Å². The van der Waals surface area contributed by atoms with E-state index in [-0.39, 0.29) is 16.9 Å². The topological polar surface area (TPSA) is 75.7 Å². The van der Waals surface area contributed by atoms with Crippen LogP contribution >= 0.6 is 11.3 Å². The molecule has 2 aromatic carbocycles. The Morgan fingerprint density at radius 3 is 2.65 bits per heavy atom. The number of fused-ring (bicyclic) bond motifs is 1. The van der Waals surface area contributed by atoms with E-state index in [2.05, 4.69) is 5.32 Å². The summed E-state index contributed by atoms with van der Waals surface area (Å²) in [5.74, 6) is -0.127. The van der Waals surface area contributed by atoms with Crippen LogP contribution in [0.4, 0.5) is 5.69 Å². The molecule has 6 nitrogen and oxygen atoms in total. The molecular weight excluding hydrogens is 432 g/mol.